The summed E-state index contributed by atoms with van der Waals surface area (Å²) in [4.78, 5) is 16.7. The van der Waals surface area contributed by atoms with Gasteiger partial charge in [0.2, 0.25) is 5.91 Å². The SMILES string of the molecule is CN(C)Cc1cc2c(o1)CN(C(=O)CCCCS(=O)(=O)c1ccccc1)CC2.Cl. The number of halogens is 1. The molecule has 1 aromatic carbocycles. The van der Waals surface area contributed by atoms with Gasteiger partial charge in [0, 0.05) is 13.0 Å². The maximum atomic E-state index is 12.5. The number of carbonyl (C=O) groups excluding carboxylic acids is 1. The molecule has 2 aromatic rings. The summed E-state index contributed by atoms with van der Waals surface area (Å²) in [5.41, 5.74) is 1.19. The lowest BCUT2D eigenvalue weighted by molar-refractivity contribution is -0.132. The average molecular weight is 441 g/mol. The lowest BCUT2D eigenvalue weighted by Crippen LogP contribution is -2.35. The highest BCUT2D eigenvalue weighted by molar-refractivity contribution is 7.91. The lowest BCUT2D eigenvalue weighted by Gasteiger charge is -2.26. The molecule has 6 nitrogen and oxygen atoms in total. The summed E-state index contributed by atoms with van der Waals surface area (Å²) in [5, 5.41) is 0. The number of rotatable bonds is 8. The third kappa shape index (κ3) is 6.32. The summed E-state index contributed by atoms with van der Waals surface area (Å²) >= 11 is 0. The molecular formula is C21H29ClN2O4S. The van der Waals surface area contributed by atoms with Crippen molar-refractivity contribution < 1.29 is 17.6 Å². The Labute approximate surface area is 179 Å². The molecule has 0 bridgehead atoms. The van der Waals surface area contributed by atoms with Crippen molar-refractivity contribution in [2.45, 2.75) is 43.7 Å². The molecule has 0 radical (unpaired) electrons. The summed E-state index contributed by atoms with van der Waals surface area (Å²) in [5.74, 6) is 1.94. The quantitative estimate of drug-likeness (QED) is 0.589. The molecule has 8 heteroatoms. The van der Waals surface area contributed by atoms with Crippen molar-refractivity contribution in [3.63, 3.8) is 0 Å². The van der Waals surface area contributed by atoms with Crippen LogP contribution in [-0.2, 0) is 34.1 Å². The van der Waals surface area contributed by atoms with Gasteiger partial charge in [-0.1, -0.05) is 18.2 Å². The number of unbranched alkanes of at least 4 members (excludes halogenated alkanes) is 1. The third-order valence-electron chi connectivity index (χ3n) is 4.91. The number of hydrogen-bond acceptors (Lipinski definition) is 5. The van der Waals surface area contributed by atoms with E-state index in [2.05, 4.69) is 11.0 Å². The van der Waals surface area contributed by atoms with E-state index in [1.54, 1.807) is 30.3 Å². The first-order valence-corrected chi connectivity index (χ1v) is 11.3. The van der Waals surface area contributed by atoms with Gasteiger partial charge in [0.25, 0.3) is 0 Å². The van der Waals surface area contributed by atoms with E-state index in [1.807, 2.05) is 19.0 Å². The van der Waals surface area contributed by atoms with Crippen molar-refractivity contribution in [3.8, 4) is 0 Å². The minimum Gasteiger partial charge on any atom is -0.463 e. The van der Waals surface area contributed by atoms with Crippen molar-refractivity contribution in [3.05, 3.63) is 53.5 Å². The topological polar surface area (TPSA) is 70.8 Å². The van der Waals surface area contributed by atoms with Gasteiger partial charge in [0.15, 0.2) is 9.84 Å². The van der Waals surface area contributed by atoms with E-state index in [-0.39, 0.29) is 24.1 Å². The normalized spacial score (nSPS) is 13.8. The Morgan fingerprint density at radius 3 is 2.59 bits per heavy atom. The number of fused-ring (bicyclic) bond motifs is 1. The van der Waals surface area contributed by atoms with Crippen LogP contribution in [-0.4, -0.2) is 50.5 Å². The van der Waals surface area contributed by atoms with Gasteiger partial charge in [-0.25, -0.2) is 8.42 Å². The fraction of sp³-hybridized carbons (Fsp3) is 0.476. The van der Waals surface area contributed by atoms with E-state index in [4.69, 9.17) is 4.42 Å². The molecule has 0 aliphatic carbocycles. The van der Waals surface area contributed by atoms with Crippen molar-refractivity contribution in [1.29, 1.82) is 0 Å². The van der Waals surface area contributed by atoms with Crippen LogP contribution < -0.4 is 0 Å². The number of amides is 1. The highest BCUT2D eigenvalue weighted by atomic mass is 35.5. The molecule has 0 saturated carbocycles. The van der Waals surface area contributed by atoms with Crippen LogP contribution in [0.25, 0.3) is 0 Å². The van der Waals surface area contributed by atoms with E-state index in [9.17, 15) is 13.2 Å². The van der Waals surface area contributed by atoms with Crippen molar-refractivity contribution in [2.75, 3.05) is 26.4 Å². The fourth-order valence-electron chi connectivity index (χ4n) is 3.46. The predicted molar refractivity (Wildman–Crippen MR) is 115 cm³/mol. The first-order valence-electron chi connectivity index (χ1n) is 9.66. The molecule has 1 aliphatic heterocycles. The van der Waals surface area contributed by atoms with E-state index in [0.717, 1.165) is 24.5 Å². The fourth-order valence-corrected chi connectivity index (χ4v) is 4.85. The molecule has 1 amide bonds. The predicted octanol–water partition coefficient (Wildman–Crippen LogP) is 3.29. The van der Waals surface area contributed by atoms with E-state index >= 15 is 0 Å². The second-order valence-electron chi connectivity index (χ2n) is 7.55. The summed E-state index contributed by atoms with van der Waals surface area (Å²) in [7, 11) is 0.717. The minimum absolute atomic E-state index is 0. The smallest absolute Gasteiger partial charge is 0.222 e. The molecule has 1 aromatic heterocycles. The number of furan rings is 1. The van der Waals surface area contributed by atoms with Crippen LogP contribution in [0.2, 0.25) is 0 Å². The van der Waals surface area contributed by atoms with Crippen LogP contribution in [0, 0.1) is 0 Å². The van der Waals surface area contributed by atoms with Gasteiger partial charge >= 0.3 is 0 Å². The lowest BCUT2D eigenvalue weighted by atomic mass is 10.1. The molecule has 0 atom stereocenters. The van der Waals surface area contributed by atoms with Gasteiger partial charge in [0.05, 0.1) is 23.7 Å². The molecule has 0 fully saturated rings. The first-order chi connectivity index (χ1) is 13.3. The Kier molecular flexibility index (Phi) is 8.31. The number of hydrogen-bond donors (Lipinski definition) is 0. The molecule has 2 heterocycles. The maximum absolute atomic E-state index is 12.5. The van der Waals surface area contributed by atoms with Crippen LogP contribution in [0.4, 0.5) is 0 Å². The van der Waals surface area contributed by atoms with E-state index in [1.165, 1.54) is 5.56 Å². The van der Waals surface area contributed by atoms with E-state index in [0.29, 0.717) is 37.2 Å². The van der Waals surface area contributed by atoms with Crippen molar-refractivity contribution >= 4 is 28.2 Å². The molecule has 29 heavy (non-hydrogen) atoms. The zero-order chi connectivity index (χ0) is 20.1. The monoisotopic (exact) mass is 440 g/mol. The van der Waals surface area contributed by atoms with Gasteiger partial charge in [-0.05, 0) is 57.1 Å². The van der Waals surface area contributed by atoms with Gasteiger partial charge in [0.1, 0.15) is 11.5 Å². The molecule has 0 N–H and O–H groups in total. The van der Waals surface area contributed by atoms with Crippen LogP contribution >= 0.6 is 12.4 Å². The van der Waals surface area contributed by atoms with Gasteiger partial charge in [-0.2, -0.15) is 0 Å². The Morgan fingerprint density at radius 1 is 1.17 bits per heavy atom. The minimum atomic E-state index is -3.27. The number of sulfone groups is 1. The summed E-state index contributed by atoms with van der Waals surface area (Å²) in [6.07, 6.45) is 2.22. The van der Waals surface area contributed by atoms with Gasteiger partial charge in [-0.3, -0.25) is 4.79 Å². The highest BCUT2D eigenvalue weighted by Gasteiger charge is 2.24. The van der Waals surface area contributed by atoms with Crippen LogP contribution in [0.15, 0.2) is 45.7 Å². The molecule has 0 unspecified atom stereocenters. The summed E-state index contributed by atoms with van der Waals surface area (Å²) in [6.45, 7) is 1.94. The zero-order valence-corrected chi connectivity index (χ0v) is 18.6. The summed E-state index contributed by atoms with van der Waals surface area (Å²) in [6, 6.07) is 10.6. The Hall–Kier alpha value is -1.83. The number of nitrogens with zero attached hydrogens (tertiary/aromatic N) is 2. The van der Waals surface area contributed by atoms with Crippen LogP contribution in [0.5, 0.6) is 0 Å². The molecule has 0 saturated heterocycles. The Bertz CT molecular complexity index is 910. The van der Waals surface area contributed by atoms with Crippen LogP contribution in [0.1, 0.15) is 36.3 Å². The molecule has 3 rings (SSSR count). The van der Waals surface area contributed by atoms with Gasteiger partial charge in [-0.15, -0.1) is 12.4 Å². The van der Waals surface area contributed by atoms with Crippen molar-refractivity contribution in [2.24, 2.45) is 0 Å². The first kappa shape index (κ1) is 23.4. The number of carbonyl (C=O) groups is 1. The largest absolute Gasteiger partial charge is 0.463 e. The molecule has 1 aliphatic rings. The molecule has 160 valence electrons. The second kappa shape index (κ2) is 10.3. The maximum Gasteiger partial charge on any atom is 0.222 e. The third-order valence-corrected chi connectivity index (χ3v) is 6.73. The standard InChI is InChI=1S/C21H28N2O4S.ClH/c1-22(2)15-18-14-17-11-12-23(16-20(17)27-18)21(24)10-6-7-13-28(25,26)19-8-4-3-5-9-19;/h3-5,8-9,14H,6-7,10-13,15-16H2,1-2H3;1H. The second-order valence-corrected chi connectivity index (χ2v) is 9.66. The average Bonchev–Trinajstić information content (AvgIpc) is 3.06. The molecule has 0 spiro atoms. The molecular weight excluding hydrogens is 412 g/mol. The highest BCUT2D eigenvalue weighted by Crippen LogP contribution is 2.24. The van der Waals surface area contributed by atoms with E-state index < -0.39 is 9.84 Å². The summed E-state index contributed by atoms with van der Waals surface area (Å²) < 4.78 is 30.5. The Morgan fingerprint density at radius 2 is 1.90 bits per heavy atom. The van der Waals surface area contributed by atoms with Crippen LogP contribution in [0.3, 0.4) is 0 Å². The Balaban J connectivity index is 0.00000300. The van der Waals surface area contributed by atoms with Gasteiger partial charge < -0.3 is 14.2 Å². The zero-order valence-electron chi connectivity index (χ0n) is 17.0. The van der Waals surface area contributed by atoms with Crippen molar-refractivity contribution in [1.82, 2.24) is 9.80 Å². The number of benzene rings is 1.